The molecule has 0 amide bonds. The zero-order chi connectivity index (χ0) is 20.8. The van der Waals surface area contributed by atoms with E-state index in [1.54, 1.807) is 0 Å². The van der Waals surface area contributed by atoms with Crippen molar-refractivity contribution >= 4 is 45.6 Å². The Balaban J connectivity index is 1.78. The van der Waals surface area contributed by atoms with Crippen molar-refractivity contribution in [3.63, 3.8) is 0 Å². The second-order valence-electron chi connectivity index (χ2n) is 8.27. The van der Waals surface area contributed by atoms with E-state index in [0.29, 0.717) is 0 Å². The highest BCUT2D eigenvalue weighted by molar-refractivity contribution is 6.33. The lowest BCUT2D eigenvalue weighted by Crippen LogP contribution is -2.01. The molecule has 0 aromatic heterocycles. The Labute approximate surface area is 183 Å². The zero-order valence-corrected chi connectivity index (χ0v) is 17.5. The average molecular weight is 392 g/mol. The van der Waals surface area contributed by atoms with E-state index in [-0.39, 0.29) is 0 Å². The molecule has 0 N–H and O–H groups in total. The van der Waals surface area contributed by atoms with E-state index < -0.39 is 0 Å². The molecule has 6 aromatic carbocycles. The first-order valence-corrected chi connectivity index (χ1v) is 10.8. The van der Waals surface area contributed by atoms with Gasteiger partial charge in [-0.2, -0.15) is 0 Å². The molecule has 31 heavy (non-hydrogen) atoms. The third-order valence-electron chi connectivity index (χ3n) is 6.28. The van der Waals surface area contributed by atoms with Gasteiger partial charge in [0.2, 0.25) is 0 Å². The first-order chi connectivity index (χ1) is 15.3. The van der Waals surface area contributed by atoms with Crippen molar-refractivity contribution in [2.24, 2.45) is 0 Å². The predicted octanol–water partition coefficient (Wildman–Crippen LogP) is 6.74. The number of benzene rings is 6. The Morgan fingerprint density at radius 2 is 0.903 bits per heavy atom. The van der Waals surface area contributed by atoms with E-state index in [2.05, 4.69) is 123 Å². The molecule has 0 unspecified atom stereocenters. The van der Waals surface area contributed by atoms with Crippen LogP contribution in [0.5, 0.6) is 0 Å². The standard InChI is InChI=1S/C30H21B/c31-24-11-7-10-22(19-24)29-25-12-3-5-14-27(25)30(28-15-6-4-13-26(28)29)23-17-16-20-8-1-2-9-21(20)18-23/h1-19H,31H2. The van der Waals surface area contributed by atoms with Gasteiger partial charge >= 0.3 is 0 Å². The van der Waals surface area contributed by atoms with E-state index in [1.165, 1.54) is 60.0 Å². The molecule has 0 fully saturated rings. The van der Waals surface area contributed by atoms with Crippen LogP contribution in [-0.2, 0) is 0 Å². The maximum atomic E-state index is 2.33. The summed E-state index contributed by atoms with van der Waals surface area (Å²) in [6.45, 7) is 0. The van der Waals surface area contributed by atoms with Crippen molar-refractivity contribution in [1.82, 2.24) is 0 Å². The Kier molecular flexibility index (Phi) is 4.14. The molecular weight excluding hydrogens is 371 g/mol. The first-order valence-electron chi connectivity index (χ1n) is 10.8. The van der Waals surface area contributed by atoms with Gasteiger partial charge in [-0.15, -0.1) is 0 Å². The summed E-state index contributed by atoms with van der Waals surface area (Å²) in [7, 11) is 2.16. The fourth-order valence-corrected chi connectivity index (χ4v) is 4.90. The maximum absolute atomic E-state index is 2.33. The molecule has 0 atom stereocenters. The fourth-order valence-electron chi connectivity index (χ4n) is 4.90. The molecule has 0 bridgehead atoms. The normalized spacial score (nSPS) is 11.4. The number of fused-ring (bicyclic) bond motifs is 3. The predicted molar refractivity (Wildman–Crippen MR) is 138 cm³/mol. The maximum Gasteiger partial charge on any atom is 0.139 e. The molecule has 0 aliphatic rings. The summed E-state index contributed by atoms with van der Waals surface area (Å²) in [5.74, 6) is 0. The van der Waals surface area contributed by atoms with Crippen LogP contribution in [0.4, 0.5) is 0 Å². The van der Waals surface area contributed by atoms with E-state index in [4.69, 9.17) is 0 Å². The molecule has 0 heterocycles. The second kappa shape index (κ2) is 7.14. The van der Waals surface area contributed by atoms with Crippen molar-refractivity contribution in [2.45, 2.75) is 0 Å². The van der Waals surface area contributed by atoms with Crippen LogP contribution in [0.2, 0.25) is 0 Å². The van der Waals surface area contributed by atoms with E-state index in [9.17, 15) is 0 Å². The third kappa shape index (κ3) is 2.93. The molecule has 0 nitrogen and oxygen atoms in total. The van der Waals surface area contributed by atoms with Gasteiger partial charge in [0.1, 0.15) is 7.85 Å². The Hall–Kier alpha value is -3.84. The Morgan fingerprint density at radius 1 is 0.387 bits per heavy atom. The molecule has 0 saturated heterocycles. The highest BCUT2D eigenvalue weighted by atomic mass is 14.2. The highest BCUT2D eigenvalue weighted by Crippen LogP contribution is 2.43. The second-order valence-corrected chi connectivity index (χ2v) is 8.27. The molecule has 144 valence electrons. The van der Waals surface area contributed by atoms with Crippen molar-refractivity contribution in [1.29, 1.82) is 0 Å². The zero-order valence-electron chi connectivity index (χ0n) is 17.5. The van der Waals surface area contributed by atoms with Crippen molar-refractivity contribution < 1.29 is 0 Å². The van der Waals surface area contributed by atoms with Crippen LogP contribution in [-0.4, -0.2) is 7.85 Å². The van der Waals surface area contributed by atoms with Crippen LogP contribution < -0.4 is 5.46 Å². The van der Waals surface area contributed by atoms with Gasteiger partial charge in [-0.3, -0.25) is 0 Å². The van der Waals surface area contributed by atoms with Gasteiger partial charge in [0.05, 0.1) is 0 Å². The summed E-state index contributed by atoms with van der Waals surface area (Å²) in [5, 5.41) is 7.75. The van der Waals surface area contributed by atoms with Gasteiger partial charge in [-0.05, 0) is 60.6 Å². The summed E-state index contributed by atoms with van der Waals surface area (Å²) in [5.41, 5.74) is 6.46. The van der Waals surface area contributed by atoms with Gasteiger partial charge in [-0.25, -0.2) is 0 Å². The summed E-state index contributed by atoms with van der Waals surface area (Å²) >= 11 is 0. The SMILES string of the molecule is Bc1cccc(-c2c3ccccc3c(-c3ccc4ccccc4c3)c3ccccc23)c1. The summed E-state index contributed by atoms with van der Waals surface area (Å²) in [6, 6.07) is 42.0. The largest absolute Gasteiger partial charge is 0.139 e. The number of hydrogen-bond donors (Lipinski definition) is 0. The lowest BCUT2D eigenvalue weighted by molar-refractivity contribution is 1.68. The van der Waals surface area contributed by atoms with Crippen LogP contribution >= 0.6 is 0 Å². The summed E-state index contributed by atoms with van der Waals surface area (Å²) < 4.78 is 0. The monoisotopic (exact) mass is 392 g/mol. The smallest absolute Gasteiger partial charge is 0.0884 e. The third-order valence-corrected chi connectivity index (χ3v) is 6.28. The topological polar surface area (TPSA) is 0 Å². The van der Waals surface area contributed by atoms with Crippen molar-refractivity contribution in [3.8, 4) is 22.3 Å². The summed E-state index contributed by atoms with van der Waals surface area (Å²) in [4.78, 5) is 0. The lowest BCUT2D eigenvalue weighted by atomic mass is 9.84. The van der Waals surface area contributed by atoms with Crippen LogP contribution in [0.1, 0.15) is 0 Å². The molecule has 6 aromatic rings. The van der Waals surface area contributed by atoms with Gasteiger partial charge in [0, 0.05) is 0 Å². The lowest BCUT2D eigenvalue weighted by Gasteiger charge is -2.18. The van der Waals surface area contributed by atoms with Gasteiger partial charge in [0.25, 0.3) is 0 Å². The summed E-state index contributed by atoms with van der Waals surface area (Å²) in [6.07, 6.45) is 0. The molecule has 0 saturated carbocycles. The fraction of sp³-hybridized carbons (Fsp3) is 0. The molecule has 1 heteroatoms. The van der Waals surface area contributed by atoms with E-state index >= 15 is 0 Å². The van der Waals surface area contributed by atoms with Crippen molar-refractivity contribution in [3.05, 3.63) is 115 Å². The molecule has 6 rings (SSSR count). The van der Waals surface area contributed by atoms with E-state index in [1.807, 2.05) is 0 Å². The minimum absolute atomic E-state index is 1.27. The van der Waals surface area contributed by atoms with Crippen LogP contribution in [0.3, 0.4) is 0 Å². The van der Waals surface area contributed by atoms with Crippen LogP contribution in [0.25, 0.3) is 54.6 Å². The van der Waals surface area contributed by atoms with Crippen molar-refractivity contribution in [2.75, 3.05) is 0 Å². The molecule has 0 radical (unpaired) electrons. The minimum Gasteiger partial charge on any atom is -0.0884 e. The van der Waals surface area contributed by atoms with E-state index in [0.717, 1.165) is 0 Å². The highest BCUT2D eigenvalue weighted by Gasteiger charge is 2.16. The average Bonchev–Trinajstić information content (AvgIpc) is 2.82. The first kappa shape index (κ1) is 18.0. The van der Waals surface area contributed by atoms with Crippen LogP contribution in [0, 0.1) is 0 Å². The number of hydrogen-bond acceptors (Lipinski definition) is 0. The molecular formula is C30H21B. The van der Waals surface area contributed by atoms with Crippen LogP contribution in [0.15, 0.2) is 115 Å². The molecule has 0 aliphatic heterocycles. The van der Waals surface area contributed by atoms with Gasteiger partial charge in [-0.1, -0.05) is 115 Å². The molecule has 0 aliphatic carbocycles. The Bertz CT molecular complexity index is 1540. The Morgan fingerprint density at radius 3 is 1.48 bits per heavy atom. The van der Waals surface area contributed by atoms with Gasteiger partial charge < -0.3 is 0 Å². The molecule has 0 spiro atoms. The quantitative estimate of drug-likeness (QED) is 0.226. The van der Waals surface area contributed by atoms with Gasteiger partial charge in [0.15, 0.2) is 0 Å². The minimum atomic E-state index is 1.27. The number of rotatable bonds is 2.